The molecule has 0 bridgehead atoms. The summed E-state index contributed by atoms with van der Waals surface area (Å²) in [6.07, 6.45) is 5.81. The molecule has 0 spiro atoms. The molecular formula is C12H24O4Sn. The number of hydrogen-bond acceptors (Lipinski definition) is 4. The third kappa shape index (κ3) is 13.4. The van der Waals surface area contributed by atoms with E-state index >= 15 is 0 Å². The molecule has 0 amide bonds. The van der Waals surface area contributed by atoms with E-state index in [9.17, 15) is 9.59 Å². The van der Waals surface area contributed by atoms with Gasteiger partial charge in [0.1, 0.15) is 0 Å². The van der Waals surface area contributed by atoms with Crippen LogP contribution in [0.5, 0.6) is 0 Å². The first-order valence-corrected chi connectivity index (χ1v) is 5.72. The number of hydrogen-bond donors (Lipinski definition) is 0. The molecule has 0 N–H and O–H groups in total. The van der Waals surface area contributed by atoms with Crippen molar-refractivity contribution in [3.63, 3.8) is 0 Å². The van der Waals surface area contributed by atoms with Crippen LogP contribution < -0.4 is 0 Å². The Morgan fingerprint density at radius 2 is 1.24 bits per heavy atom. The van der Waals surface area contributed by atoms with E-state index in [1.165, 1.54) is 0 Å². The Morgan fingerprint density at radius 1 is 0.882 bits per heavy atom. The second-order valence-corrected chi connectivity index (χ2v) is 3.38. The summed E-state index contributed by atoms with van der Waals surface area (Å²) in [5, 5.41) is 0. The molecule has 0 aliphatic rings. The Labute approximate surface area is 120 Å². The molecule has 0 fully saturated rings. The molecular weight excluding hydrogens is 327 g/mol. The van der Waals surface area contributed by atoms with Crippen LogP contribution in [0.3, 0.4) is 0 Å². The van der Waals surface area contributed by atoms with E-state index in [1.807, 2.05) is 13.8 Å². The maximum atomic E-state index is 11.0. The molecule has 0 aromatic carbocycles. The molecule has 0 aliphatic heterocycles. The van der Waals surface area contributed by atoms with Gasteiger partial charge in [0.15, 0.2) is 0 Å². The van der Waals surface area contributed by atoms with E-state index in [2.05, 4.69) is 0 Å². The van der Waals surface area contributed by atoms with E-state index < -0.39 is 11.9 Å². The van der Waals surface area contributed by atoms with E-state index in [0.29, 0.717) is 13.2 Å². The molecule has 17 heavy (non-hydrogen) atoms. The quantitative estimate of drug-likeness (QED) is 0.281. The van der Waals surface area contributed by atoms with Crippen molar-refractivity contribution in [2.45, 2.75) is 39.5 Å². The molecule has 100 valence electrons. The topological polar surface area (TPSA) is 52.6 Å². The van der Waals surface area contributed by atoms with Crippen molar-refractivity contribution < 1.29 is 19.1 Å². The SMILES string of the molecule is CCCCOC(=O)/C=C\C(=O)OCCCC.[SnH4]. The van der Waals surface area contributed by atoms with Gasteiger partial charge >= 0.3 is 35.8 Å². The van der Waals surface area contributed by atoms with Gasteiger partial charge in [0.25, 0.3) is 0 Å². The van der Waals surface area contributed by atoms with Gasteiger partial charge in [-0.1, -0.05) is 26.7 Å². The van der Waals surface area contributed by atoms with Crippen LogP contribution in [-0.4, -0.2) is 49.1 Å². The van der Waals surface area contributed by atoms with E-state index in [4.69, 9.17) is 9.47 Å². The Balaban J connectivity index is 0. The van der Waals surface area contributed by atoms with Crippen molar-refractivity contribution in [3.05, 3.63) is 12.2 Å². The molecule has 0 radical (unpaired) electrons. The number of carbonyl (C=O) groups is 2. The Hall–Kier alpha value is -0.521. The molecule has 0 aliphatic carbocycles. The average Bonchev–Trinajstić information content (AvgIpc) is 2.27. The van der Waals surface area contributed by atoms with Gasteiger partial charge in [-0.05, 0) is 12.8 Å². The van der Waals surface area contributed by atoms with Gasteiger partial charge in [-0.3, -0.25) is 0 Å². The second-order valence-electron chi connectivity index (χ2n) is 3.38. The summed E-state index contributed by atoms with van der Waals surface area (Å²) in [6, 6.07) is 0. The first-order chi connectivity index (χ1) is 7.70. The predicted octanol–water partition coefficient (Wildman–Crippen LogP) is 0.778. The number of carbonyl (C=O) groups excluding carboxylic acids is 2. The van der Waals surface area contributed by atoms with Gasteiger partial charge in [-0.25, -0.2) is 9.59 Å². The van der Waals surface area contributed by atoms with Crippen molar-refractivity contribution in [2.24, 2.45) is 0 Å². The zero-order valence-electron chi connectivity index (χ0n) is 10.0. The predicted molar refractivity (Wildman–Crippen MR) is 72.2 cm³/mol. The molecule has 5 heteroatoms. The van der Waals surface area contributed by atoms with Gasteiger partial charge in [0.05, 0.1) is 13.2 Å². The molecule has 0 rings (SSSR count). The summed E-state index contributed by atoms with van der Waals surface area (Å²) in [5.41, 5.74) is 0. The zero-order chi connectivity index (χ0) is 12.2. The number of rotatable bonds is 8. The zero-order valence-corrected chi connectivity index (χ0v) is 10.0. The molecule has 4 nitrogen and oxygen atoms in total. The summed E-state index contributed by atoms with van der Waals surface area (Å²) in [4.78, 5) is 22.1. The fraction of sp³-hybridized carbons (Fsp3) is 0.667. The van der Waals surface area contributed by atoms with Crippen molar-refractivity contribution in [1.29, 1.82) is 0 Å². The summed E-state index contributed by atoms with van der Waals surface area (Å²) in [7, 11) is 0. The van der Waals surface area contributed by atoms with Crippen LogP contribution in [0.15, 0.2) is 12.2 Å². The van der Waals surface area contributed by atoms with Gasteiger partial charge in [0.2, 0.25) is 0 Å². The number of ether oxygens (including phenoxy) is 2. The van der Waals surface area contributed by atoms with E-state index in [0.717, 1.165) is 37.8 Å². The Bertz CT molecular complexity index is 215. The Kier molecular flexibility index (Phi) is 15.0. The summed E-state index contributed by atoms with van der Waals surface area (Å²) < 4.78 is 9.65. The van der Waals surface area contributed by atoms with Crippen LogP contribution in [0, 0.1) is 0 Å². The first-order valence-electron chi connectivity index (χ1n) is 5.72. The third-order valence-corrected chi connectivity index (χ3v) is 1.84. The average molecular weight is 351 g/mol. The van der Waals surface area contributed by atoms with Gasteiger partial charge in [-0.2, -0.15) is 0 Å². The van der Waals surface area contributed by atoms with Crippen molar-refractivity contribution in [3.8, 4) is 0 Å². The molecule has 0 atom stereocenters. The minimum absolute atomic E-state index is 0. The molecule has 0 saturated carbocycles. The van der Waals surface area contributed by atoms with Crippen LogP contribution in [0.25, 0.3) is 0 Å². The number of unbranched alkanes of at least 4 members (excludes halogenated alkanes) is 2. The first kappa shape index (κ1) is 18.8. The molecule has 0 heterocycles. The van der Waals surface area contributed by atoms with Crippen LogP contribution in [0.2, 0.25) is 0 Å². The Morgan fingerprint density at radius 3 is 1.53 bits per heavy atom. The van der Waals surface area contributed by atoms with Gasteiger partial charge in [-0.15, -0.1) is 0 Å². The normalized spacial score (nSPS) is 9.76. The van der Waals surface area contributed by atoms with Crippen LogP contribution in [-0.2, 0) is 19.1 Å². The van der Waals surface area contributed by atoms with E-state index in [-0.39, 0.29) is 23.9 Å². The summed E-state index contributed by atoms with van der Waals surface area (Å²) in [6.45, 7) is 4.80. The van der Waals surface area contributed by atoms with Gasteiger partial charge in [0, 0.05) is 12.2 Å². The standard InChI is InChI=1S/C12H20O4.Sn.4H/c1-3-5-9-15-11(13)7-8-12(14)16-10-6-4-2;;;;;/h7-8H,3-6,9-10H2,1-2H3;;;;;/b8-7-;;;;;. The molecule has 0 unspecified atom stereocenters. The number of esters is 2. The van der Waals surface area contributed by atoms with Crippen LogP contribution in [0.4, 0.5) is 0 Å². The van der Waals surface area contributed by atoms with Crippen LogP contribution >= 0.6 is 0 Å². The fourth-order valence-electron chi connectivity index (χ4n) is 0.867. The minimum atomic E-state index is -0.499. The van der Waals surface area contributed by atoms with Gasteiger partial charge < -0.3 is 9.47 Å². The molecule has 0 aromatic rings. The van der Waals surface area contributed by atoms with Crippen molar-refractivity contribution in [1.82, 2.24) is 0 Å². The molecule has 0 aromatic heterocycles. The monoisotopic (exact) mass is 352 g/mol. The van der Waals surface area contributed by atoms with E-state index in [1.54, 1.807) is 0 Å². The summed E-state index contributed by atoms with van der Waals surface area (Å²) in [5.74, 6) is -0.998. The van der Waals surface area contributed by atoms with Crippen LogP contribution in [0.1, 0.15) is 39.5 Å². The summed E-state index contributed by atoms with van der Waals surface area (Å²) >= 11 is 0. The third-order valence-electron chi connectivity index (χ3n) is 1.84. The maximum absolute atomic E-state index is 11.0. The fourth-order valence-corrected chi connectivity index (χ4v) is 0.867. The van der Waals surface area contributed by atoms with Crippen molar-refractivity contribution in [2.75, 3.05) is 13.2 Å². The molecule has 0 saturated heterocycles. The van der Waals surface area contributed by atoms with Crippen molar-refractivity contribution >= 4 is 35.8 Å². The second kappa shape index (κ2) is 13.5.